The van der Waals surface area contributed by atoms with E-state index < -0.39 is 11.9 Å². The summed E-state index contributed by atoms with van der Waals surface area (Å²) >= 11 is 0. The van der Waals surface area contributed by atoms with Gasteiger partial charge in [0.05, 0.1) is 32.3 Å². The number of hydrogen-bond donors (Lipinski definition) is 1. The van der Waals surface area contributed by atoms with E-state index >= 15 is 0 Å². The van der Waals surface area contributed by atoms with E-state index in [0.717, 1.165) is 22.6 Å². The Labute approximate surface area is 194 Å². The van der Waals surface area contributed by atoms with E-state index in [2.05, 4.69) is 5.32 Å². The first kappa shape index (κ1) is 22.6. The van der Waals surface area contributed by atoms with Crippen LogP contribution >= 0.6 is 0 Å². The summed E-state index contributed by atoms with van der Waals surface area (Å²) in [6.07, 6.45) is 1.04. The summed E-state index contributed by atoms with van der Waals surface area (Å²) in [4.78, 5) is 26.5. The number of ether oxygens (including phenoxy) is 3. The molecule has 1 aliphatic heterocycles. The average molecular weight is 448 g/mol. The van der Waals surface area contributed by atoms with Crippen LogP contribution in [-0.4, -0.2) is 32.6 Å². The Morgan fingerprint density at radius 2 is 1.79 bits per heavy atom. The molecule has 172 valence electrons. The molecular weight excluding hydrogens is 418 g/mol. The van der Waals surface area contributed by atoms with E-state index in [1.165, 1.54) is 7.11 Å². The summed E-state index contributed by atoms with van der Waals surface area (Å²) in [5.74, 6) is 0.525. The number of esters is 1. The van der Waals surface area contributed by atoms with E-state index in [1.807, 2.05) is 62.4 Å². The van der Waals surface area contributed by atoms with Crippen molar-refractivity contribution in [3.8, 4) is 11.5 Å². The molecule has 0 bridgehead atoms. The molecular formula is C27H29NO5. The lowest BCUT2D eigenvalue weighted by molar-refractivity contribution is -0.136. The summed E-state index contributed by atoms with van der Waals surface area (Å²) in [7, 11) is 3.00. The van der Waals surface area contributed by atoms with Crippen LogP contribution in [0, 0.1) is 0 Å². The minimum Gasteiger partial charge on any atom is -0.497 e. The van der Waals surface area contributed by atoms with Crippen LogP contribution in [0.4, 0.5) is 0 Å². The smallest absolute Gasteiger partial charge is 0.336 e. The number of allylic oxidation sites excluding steroid dienone is 3. The van der Waals surface area contributed by atoms with Crippen LogP contribution in [0.25, 0.3) is 0 Å². The van der Waals surface area contributed by atoms with Crippen LogP contribution in [0.15, 0.2) is 71.1 Å². The molecule has 4 rings (SSSR count). The monoisotopic (exact) mass is 447 g/mol. The second-order valence-electron chi connectivity index (χ2n) is 8.25. The van der Waals surface area contributed by atoms with Gasteiger partial charge in [0.2, 0.25) is 0 Å². The number of Topliss-reactive ketones (excluding diaryl/α,β-unsaturated/α-hetero) is 1. The topological polar surface area (TPSA) is 73.9 Å². The lowest BCUT2D eigenvalue weighted by Gasteiger charge is -2.37. The van der Waals surface area contributed by atoms with Crippen LogP contribution in [-0.2, 0) is 14.3 Å². The van der Waals surface area contributed by atoms with Gasteiger partial charge >= 0.3 is 5.97 Å². The third-order valence-corrected chi connectivity index (χ3v) is 6.35. The minimum absolute atomic E-state index is 0.0229. The highest BCUT2D eigenvalue weighted by Crippen LogP contribution is 2.47. The van der Waals surface area contributed by atoms with Crippen LogP contribution < -0.4 is 14.8 Å². The third kappa shape index (κ3) is 4.25. The molecule has 0 radical (unpaired) electrons. The summed E-state index contributed by atoms with van der Waals surface area (Å²) in [6, 6.07) is 15.4. The number of hydrogen-bond acceptors (Lipinski definition) is 6. The molecule has 6 heteroatoms. The average Bonchev–Trinajstić information content (AvgIpc) is 2.83. The van der Waals surface area contributed by atoms with Crippen molar-refractivity contribution >= 4 is 11.8 Å². The van der Waals surface area contributed by atoms with Gasteiger partial charge in [-0.25, -0.2) is 4.79 Å². The van der Waals surface area contributed by atoms with Gasteiger partial charge in [0.15, 0.2) is 5.78 Å². The zero-order chi connectivity index (χ0) is 23.5. The normalized spacial score (nSPS) is 20.2. The van der Waals surface area contributed by atoms with Crippen LogP contribution in [0.1, 0.15) is 49.7 Å². The SMILES string of the molecule is CCOc1ccccc1[C@@H]1C(C(=O)OC)=C(C)NC2=C1C(=O)C[C@H](c1ccc(OC)cc1)C2. The first-order chi connectivity index (χ1) is 16.0. The molecule has 0 spiro atoms. The van der Waals surface area contributed by atoms with E-state index in [4.69, 9.17) is 14.2 Å². The quantitative estimate of drug-likeness (QED) is 0.651. The summed E-state index contributed by atoms with van der Waals surface area (Å²) < 4.78 is 16.3. The number of ketones is 1. The zero-order valence-electron chi connectivity index (χ0n) is 19.4. The molecule has 33 heavy (non-hydrogen) atoms. The predicted octanol–water partition coefficient (Wildman–Crippen LogP) is 4.63. The van der Waals surface area contributed by atoms with Crippen LogP contribution in [0.2, 0.25) is 0 Å². The Kier molecular flexibility index (Phi) is 6.54. The van der Waals surface area contributed by atoms with Gasteiger partial charge in [-0.3, -0.25) is 4.79 Å². The fourth-order valence-corrected chi connectivity index (χ4v) is 4.85. The molecule has 2 atom stereocenters. The molecule has 2 aromatic carbocycles. The van der Waals surface area contributed by atoms with Gasteiger partial charge in [0.25, 0.3) is 0 Å². The van der Waals surface area contributed by atoms with Crippen molar-refractivity contribution in [1.82, 2.24) is 5.32 Å². The summed E-state index contributed by atoms with van der Waals surface area (Å²) in [5, 5.41) is 3.36. The molecule has 0 aromatic heterocycles. The molecule has 1 aliphatic carbocycles. The molecule has 0 saturated carbocycles. The number of methoxy groups -OCH3 is 2. The maximum Gasteiger partial charge on any atom is 0.336 e. The Bertz CT molecular complexity index is 1130. The Hall–Kier alpha value is -3.54. The third-order valence-electron chi connectivity index (χ3n) is 6.35. The number of carbonyl (C=O) groups is 2. The van der Waals surface area contributed by atoms with Gasteiger partial charge in [0, 0.05) is 29.0 Å². The van der Waals surface area contributed by atoms with E-state index in [1.54, 1.807) is 7.11 Å². The van der Waals surface area contributed by atoms with Gasteiger partial charge < -0.3 is 19.5 Å². The van der Waals surface area contributed by atoms with Crippen LogP contribution in [0.3, 0.4) is 0 Å². The number of dihydropyridines is 1. The molecule has 6 nitrogen and oxygen atoms in total. The molecule has 0 unspecified atom stereocenters. The molecule has 2 aliphatic rings. The second-order valence-corrected chi connectivity index (χ2v) is 8.25. The van der Waals surface area contributed by atoms with Crippen molar-refractivity contribution in [3.63, 3.8) is 0 Å². The predicted molar refractivity (Wildman–Crippen MR) is 125 cm³/mol. The minimum atomic E-state index is -0.541. The zero-order valence-corrected chi connectivity index (χ0v) is 19.4. The van der Waals surface area contributed by atoms with Crippen molar-refractivity contribution in [2.24, 2.45) is 0 Å². The fourth-order valence-electron chi connectivity index (χ4n) is 4.85. The fraction of sp³-hybridized carbons (Fsp3) is 0.333. The van der Waals surface area contributed by atoms with Crippen molar-refractivity contribution in [2.75, 3.05) is 20.8 Å². The first-order valence-corrected chi connectivity index (χ1v) is 11.2. The number of benzene rings is 2. The highest BCUT2D eigenvalue weighted by atomic mass is 16.5. The highest BCUT2D eigenvalue weighted by molar-refractivity contribution is 6.04. The largest absolute Gasteiger partial charge is 0.497 e. The Morgan fingerprint density at radius 1 is 1.06 bits per heavy atom. The van der Waals surface area contributed by atoms with Crippen molar-refractivity contribution in [2.45, 2.75) is 38.5 Å². The second kappa shape index (κ2) is 9.53. The molecule has 0 fully saturated rings. The number of rotatable bonds is 6. The van der Waals surface area contributed by atoms with E-state index in [-0.39, 0.29) is 11.7 Å². The van der Waals surface area contributed by atoms with Crippen molar-refractivity contribution in [3.05, 3.63) is 82.2 Å². The summed E-state index contributed by atoms with van der Waals surface area (Å²) in [5.41, 5.74) is 4.50. The highest BCUT2D eigenvalue weighted by Gasteiger charge is 2.42. The van der Waals surface area contributed by atoms with Gasteiger partial charge in [-0.05, 0) is 49.9 Å². The molecule has 0 amide bonds. The van der Waals surface area contributed by atoms with Gasteiger partial charge in [-0.2, -0.15) is 0 Å². The van der Waals surface area contributed by atoms with E-state index in [9.17, 15) is 9.59 Å². The van der Waals surface area contributed by atoms with Crippen molar-refractivity contribution < 1.29 is 23.8 Å². The van der Waals surface area contributed by atoms with Gasteiger partial charge in [0.1, 0.15) is 11.5 Å². The number of para-hydroxylation sites is 1. The number of carbonyl (C=O) groups excluding carboxylic acids is 2. The van der Waals surface area contributed by atoms with Gasteiger partial charge in [-0.15, -0.1) is 0 Å². The molecule has 0 saturated heterocycles. The van der Waals surface area contributed by atoms with Gasteiger partial charge in [-0.1, -0.05) is 30.3 Å². The van der Waals surface area contributed by atoms with Crippen LogP contribution in [0.5, 0.6) is 11.5 Å². The van der Waals surface area contributed by atoms with E-state index in [0.29, 0.717) is 42.0 Å². The maximum absolute atomic E-state index is 13.6. The first-order valence-electron chi connectivity index (χ1n) is 11.2. The van der Waals surface area contributed by atoms with Crippen molar-refractivity contribution in [1.29, 1.82) is 0 Å². The molecule has 1 N–H and O–H groups in total. The lowest BCUT2D eigenvalue weighted by Crippen LogP contribution is -2.36. The standard InChI is InChI=1S/C27H29NO5/c1-5-33-23-9-7-6-8-20(23)25-24(27(30)32-4)16(2)28-21-14-18(15-22(29)26(21)25)17-10-12-19(31-3)13-11-17/h6-13,18,25,28H,5,14-15H2,1-4H3/t18-,25-/m1/s1. The molecule has 2 aromatic rings. The lowest BCUT2D eigenvalue weighted by atomic mass is 9.71. The number of nitrogens with one attached hydrogen (secondary N) is 1. The Balaban J connectivity index is 1.80. The molecule has 1 heterocycles. The summed E-state index contributed by atoms with van der Waals surface area (Å²) in [6.45, 7) is 4.25. The Morgan fingerprint density at radius 3 is 2.45 bits per heavy atom. The maximum atomic E-state index is 13.6.